The van der Waals surface area contributed by atoms with Crippen LogP contribution in [-0.4, -0.2) is 19.1 Å². The van der Waals surface area contributed by atoms with Crippen LogP contribution in [0.25, 0.3) is 62.4 Å². The number of rotatable bonds is 7. The van der Waals surface area contributed by atoms with E-state index < -0.39 is 0 Å². The SMILES string of the molecule is C=C/C(=C\C(C#N)=C/CC)c1ccccc1-c1cc(-n2c3c(c4ccccc42)CCC=C3)nc(-n2c3c(c4cccnc42)CCC=C3)c1. The molecule has 0 fully saturated rings. The minimum atomic E-state index is 0.624. The van der Waals surface area contributed by atoms with Crippen molar-refractivity contribution >= 4 is 39.7 Å². The molecule has 0 atom stereocenters. The van der Waals surface area contributed by atoms with Gasteiger partial charge in [-0.05, 0) is 114 Å². The molecular weight excluding hydrogens is 587 g/mol. The van der Waals surface area contributed by atoms with Gasteiger partial charge in [-0.15, -0.1) is 0 Å². The molecule has 0 N–H and O–H groups in total. The van der Waals surface area contributed by atoms with Gasteiger partial charge in [0.2, 0.25) is 0 Å². The van der Waals surface area contributed by atoms with E-state index in [0.29, 0.717) is 5.57 Å². The lowest BCUT2D eigenvalue weighted by molar-refractivity contribution is 0.919. The lowest BCUT2D eigenvalue weighted by Gasteiger charge is -2.18. The number of pyridine rings is 2. The standard InChI is InChI=1S/C43H35N5/c1-3-14-29(28-44)25-30(4-2)32-15-5-6-16-33(32)31-26-41(47-38-21-10-7-17-34(38)35-18-8-11-22-39(35)47)46-42(27-31)48-40-23-12-9-19-36(40)37-20-13-24-45-43(37)48/h4-7,10-17,20-27H,2-3,8-9,18-19H2,1H3/b29-14+,30-25+. The third kappa shape index (κ3) is 4.85. The topological polar surface area (TPSA) is 59.4 Å². The number of hydrogen-bond acceptors (Lipinski definition) is 3. The molecule has 0 radical (unpaired) electrons. The first kappa shape index (κ1) is 29.4. The molecule has 8 rings (SSSR count). The van der Waals surface area contributed by atoms with Crippen molar-refractivity contribution in [3.05, 3.63) is 150 Å². The summed E-state index contributed by atoms with van der Waals surface area (Å²) in [4.78, 5) is 10.4. The first-order chi connectivity index (χ1) is 23.7. The van der Waals surface area contributed by atoms with Gasteiger partial charge in [-0.1, -0.05) is 80.3 Å². The maximum absolute atomic E-state index is 9.86. The molecule has 0 aliphatic heterocycles. The largest absolute Gasteiger partial charge is 0.294 e. The molecule has 0 spiro atoms. The number of benzene rings is 2. The lowest BCUT2D eigenvalue weighted by atomic mass is 9.93. The Balaban J connectivity index is 1.45. The molecule has 0 unspecified atom stereocenters. The Morgan fingerprint density at radius 1 is 0.875 bits per heavy atom. The molecule has 2 aliphatic rings. The minimum Gasteiger partial charge on any atom is -0.294 e. The zero-order valence-corrected chi connectivity index (χ0v) is 27.0. The van der Waals surface area contributed by atoms with Crippen molar-refractivity contribution in [3.8, 4) is 28.8 Å². The van der Waals surface area contributed by atoms with Crippen LogP contribution >= 0.6 is 0 Å². The van der Waals surface area contributed by atoms with Crippen molar-refractivity contribution in [3.63, 3.8) is 0 Å². The van der Waals surface area contributed by atoms with Gasteiger partial charge >= 0.3 is 0 Å². The van der Waals surface area contributed by atoms with Gasteiger partial charge in [0.05, 0.1) is 23.0 Å². The molecule has 232 valence electrons. The monoisotopic (exact) mass is 621 g/mol. The van der Waals surface area contributed by atoms with Crippen LogP contribution in [0.5, 0.6) is 0 Å². The summed E-state index contributed by atoms with van der Waals surface area (Å²) in [6.07, 6.45) is 21.4. The van der Waals surface area contributed by atoms with Crippen molar-refractivity contribution in [2.45, 2.75) is 39.0 Å². The second-order valence-corrected chi connectivity index (χ2v) is 12.3. The van der Waals surface area contributed by atoms with E-state index in [1.807, 2.05) is 43.5 Å². The smallest absolute Gasteiger partial charge is 0.146 e. The predicted octanol–water partition coefficient (Wildman–Crippen LogP) is 10.4. The van der Waals surface area contributed by atoms with Gasteiger partial charge in [0, 0.05) is 22.5 Å². The van der Waals surface area contributed by atoms with Crippen molar-refractivity contribution < 1.29 is 0 Å². The zero-order valence-electron chi connectivity index (χ0n) is 27.0. The van der Waals surface area contributed by atoms with E-state index in [4.69, 9.17) is 9.97 Å². The molecule has 5 nitrogen and oxygen atoms in total. The predicted molar refractivity (Wildman–Crippen MR) is 198 cm³/mol. The normalized spacial score (nSPS) is 14.2. The van der Waals surface area contributed by atoms with E-state index in [-0.39, 0.29) is 0 Å². The molecule has 4 aromatic heterocycles. The van der Waals surface area contributed by atoms with E-state index in [1.165, 1.54) is 27.6 Å². The molecule has 6 aromatic rings. The Labute approximate surface area is 280 Å². The van der Waals surface area contributed by atoms with Gasteiger partial charge < -0.3 is 0 Å². The Morgan fingerprint density at radius 3 is 2.33 bits per heavy atom. The molecule has 48 heavy (non-hydrogen) atoms. The minimum absolute atomic E-state index is 0.624. The van der Waals surface area contributed by atoms with Crippen molar-refractivity contribution in [2.75, 3.05) is 0 Å². The summed E-state index contributed by atoms with van der Waals surface area (Å²) in [7, 11) is 0. The van der Waals surface area contributed by atoms with Crippen molar-refractivity contribution in [2.24, 2.45) is 0 Å². The summed E-state index contributed by atoms with van der Waals surface area (Å²) < 4.78 is 4.55. The Kier molecular flexibility index (Phi) is 7.55. The number of nitriles is 1. The van der Waals surface area contributed by atoms with Gasteiger partial charge in [-0.25, -0.2) is 9.97 Å². The molecule has 5 heteroatoms. The highest BCUT2D eigenvalue weighted by Gasteiger charge is 2.24. The van der Waals surface area contributed by atoms with Crippen molar-refractivity contribution in [1.29, 1.82) is 5.26 Å². The molecule has 2 aromatic carbocycles. The van der Waals surface area contributed by atoms with Crippen LogP contribution in [0.3, 0.4) is 0 Å². The number of aromatic nitrogens is 4. The van der Waals surface area contributed by atoms with E-state index >= 15 is 0 Å². The van der Waals surface area contributed by atoms with Crippen LogP contribution in [0.1, 0.15) is 54.3 Å². The number of hydrogen-bond donors (Lipinski definition) is 0. The fraction of sp³-hybridized carbons (Fsp3) is 0.140. The quantitative estimate of drug-likeness (QED) is 0.132. The van der Waals surface area contributed by atoms with Crippen LogP contribution < -0.4 is 0 Å². The number of allylic oxidation sites excluding steroid dienone is 7. The summed E-state index contributed by atoms with van der Waals surface area (Å²) in [6.45, 7) is 6.19. The van der Waals surface area contributed by atoms with Crippen LogP contribution in [0.15, 0.2) is 122 Å². The molecular formula is C43H35N5. The number of para-hydroxylation sites is 1. The fourth-order valence-electron chi connectivity index (χ4n) is 7.37. The molecule has 0 bridgehead atoms. The Hall–Kier alpha value is -5.99. The van der Waals surface area contributed by atoms with Crippen LogP contribution in [0.4, 0.5) is 0 Å². The van der Waals surface area contributed by atoms with Gasteiger partial charge in [0.15, 0.2) is 0 Å². The van der Waals surface area contributed by atoms with Gasteiger partial charge in [0.25, 0.3) is 0 Å². The average Bonchev–Trinajstić information content (AvgIpc) is 3.66. The van der Waals surface area contributed by atoms with E-state index in [9.17, 15) is 5.26 Å². The first-order valence-electron chi connectivity index (χ1n) is 16.7. The Morgan fingerprint density at radius 2 is 1.56 bits per heavy atom. The highest BCUT2D eigenvalue weighted by atomic mass is 15.2. The number of nitrogens with zero attached hydrogens (tertiary/aromatic N) is 5. The second-order valence-electron chi connectivity index (χ2n) is 12.3. The number of aryl methyl sites for hydroxylation is 2. The molecule has 2 aliphatic carbocycles. The van der Waals surface area contributed by atoms with E-state index in [0.717, 1.165) is 82.9 Å². The van der Waals surface area contributed by atoms with Crippen LogP contribution in [0.2, 0.25) is 0 Å². The first-order valence-corrected chi connectivity index (χ1v) is 16.7. The maximum atomic E-state index is 9.86. The summed E-state index contributed by atoms with van der Waals surface area (Å²) >= 11 is 0. The van der Waals surface area contributed by atoms with E-state index in [2.05, 4.69) is 107 Å². The van der Waals surface area contributed by atoms with Crippen molar-refractivity contribution in [1.82, 2.24) is 19.1 Å². The molecule has 0 saturated heterocycles. The molecule has 0 amide bonds. The molecule has 4 heterocycles. The van der Waals surface area contributed by atoms with Gasteiger partial charge in [-0.3, -0.25) is 9.13 Å². The highest BCUT2D eigenvalue weighted by Crippen LogP contribution is 2.39. The van der Waals surface area contributed by atoms with E-state index in [1.54, 1.807) is 0 Å². The third-order valence-corrected chi connectivity index (χ3v) is 9.46. The molecule has 0 saturated carbocycles. The second kappa shape index (κ2) is 12.3. The lowest BCUT2D eigenvalue weighted by Crippen LogP contribution is -2.08. The van der Waals surface area contributed by atoms with Crippen LogP contribution in [0, 0.1) is 11.3 Å². The van der Waals surface area contributed by atoms with Gasteiger partial charge in [-0.2, -0.15) is 5.26 Å². The van der Waals surface area contributed by atoms with Crippen LogP contribution in [-0.2, 0) is 12.8 Å². The third-order valence-electron chi connectivity index (χ3n) is 9.46. The van der Waals surface area contributed by atoms with Gasteiger partial charge in [0.1, 0.15) is 17.3 Å². The summed E-state index contributed by atoms with van der Waals surface area (Å²) in [6, 6.07) is 27.9. The summed E-state index contributed by atoms with van der Waals surface area (Å²) in [5.41, 5.74) is 11.6. The fourth-order valence-corrected chi connectivity index (χ4v) is 7.37. The highest BCUT2D eigenvalue weighted by molar-refractivity contribution is 5.92. The zero-order chi connectivity index (χ0) is 32.6. The maximum Gasteiger partial charge on any atom is 0.146 e. The average molecular weight is 622 g/mol. The Bertz CT molecular complexity index is 2300. The number of fused-ring (bicyclic) bond motifs is 6. The summed E-state index contributed by atoms with van der Waals surface area (Å²) in [5, 5.41) is 12.3. The summed E-state index contributed by atoms with van der Waals surface area (Å²) in [5.74, 6) is 1.66.